The molecule has 0 aromatic carbocycles. The lowest BCUT2D eigenvalue weighted by molar-refractivity contribution is 0.0644. The zero-order valence-electron chi connectivity index (χ0n) is 6.97. The highest BCUT2D eigenvalue weighted by molar-refractivity contribution is 7.12. The van der Waals surface area contributed by atoms with Crippen molar-refractivity contribution in [2.75, 3.05) is 0 Å². The SMILES string of the molecule is Cc1ccc(C(C)(N)C(F)F)s1. The zero-order valence-corrected chi connectivity index (χ0v) is 7.79. The van der Waals surface area contributed by atoms with Gasteiger partial charge in [0.1, 0.15) is 5.54 Å². The van der Waals surface area contributed by atoms with E-state index in [-0.39, 0.29) is 0 Å². The average molecular weight is 191 g/mol. The van der Waals surface area contributed by atoms with Crippen LogP contribution in [0.4, 0.5) is 8.78 Å². The molecule has 1 heterocycles. The fraction of sp³-hybridized carbons (Fsp3) is 0.500. The largest absolute Gasteiger partial charge is 0.316 e. The first kappa shape index (κ1) is 9.61. The molecule has 1 nitrogen and oxygen atoms in total. The van der Waals surface area contributed by atoms with Crippen LogP contribution in [0.25, 0.3) is 0 Å². The van der Waals surface area contributed by atoms with Crippen molar-refractivity contribution >= 4 is 11.3 Å². The Balaban J connectivity index is 2.97. The van der Waals surface area contributed by atoms with Crippen LogP contribution in [0.1, 0.15) is 16.7 Å². The third-order valence-corrected chi connectivity index (χ3v) is 2.98. The van der Waals surface area contributed by atoms with E-state index in [4.69, 9.17) is 5.73 Å². The molecule has 0 aliphatic carbocycles. The smallest absolute Gasteiger partial charge is 0.260 e. The molecule has 0 saturated carbocycles. The minimum Gasteiger partial charge on any atom is -0.316 e. The first-order chi connectivity index (χ1) is 5.44. The summed E-state index contributed by atoms with van der Waals surface area (Å²) in [6, 6.07) is 3.46. The second-order valence-electron chi connectivity index (χ2n) is 2.99. The number of hydrogen-bond donors (Lipinski definition) is 1. The van der Waals surface area contributed by atoms with E-state index in [0.29, 0.717) is 4.88 Å². The molecule has 0 aliphatic rings. The standard InChI is InChI=1S/C8H11F2NS/c1-5-3-4-6(12-5)8(2,11)7(9)10/h3-4,7H,11H2,1-2H3. The lowest BCUT2D eigenvalue weighted by Gasteiger charge is -2.21. The number of thiophene rings is 1. The van der Waals surface area contributed by atoms with Crippen LogP contribution in [-0.4, -0.2) is 6.43 Å². The molecule has 1 aromatic rings. The van der Waals surface area contributed by atoms with Gasteiger partial charge >= 0.3 is 0 Å². The van der Waals surface area contributed by atoms with Gasteiger partial charge in [-0.25, -0.2) is 8.78 Å². The summed E-state index contributed by atoms with van der Waals surface area (Å²) >= 11 is 1.32. The summed E-state index contributed by atoms with van der Waals surface area (Å²) in [5.74, 6) is 0. The monoisotopic (exact) mass is 191 g/mol. The highest BCUT2D eigenvalue weighted by Crippen LogP contribution is 2.30. The van der Waals surface area contributed by atoms with Crippen molar-refractivity contribution < 1.29 is 8.78 Å². The average Bonchev–Trinajstić information content (AvgIpc) is 2.35. The van der Waals surface area contributed by atoms with Crippen molar-refractivity contribution in [3.05, 3.63) is 21.9 Å². The van der Waals surface area contributed by atoms with Crippen molar-refractivity contribution in [2.24, 2.45) is 5.73 Å². The van der Waals surface area contributed by atoms with Gasteiger partial charge in [-0.1, -0.05) is 0 Å². The Labute approximate surface area is 74.2 Å². The lowest BCUT2D eigenvalue weighted by atomic mass is 10.0. The van der Waals surface area contributed by atoms with E-state index in [0.717, 1.165) is 4.88 Å². The number of hydrogen-bond acceptors (Lipinski definition) is 2. The zero-order chi connectivity index (χ0) is 9.35. The predicted octanol–water partition coefficient (Wildman–Crippen LogP) is 2.50. The van der Waals surface area contributed by atoms with Crippen LogP contribution < -0.4 is 5.73 Å². The molecule has 0 saturated heterocycles. The molecule has 1 aromatic heterocycles. The minimum atomic E-state index is -2.52. The van der Waals surface area contributed by atoms with Crippen LogP contribution in [0.5, 0.6) is 0 Å². The Morgan fingerprint density at radius 1 is 1.50 bits per heavy atom. The van der Waals surface area contributed by atoms with Crippen LogP contribution in [0.3, 0.4) is 0 Å². The van der Waals surface area contributed by atoms with Crippen LogP contribution in [0, 0.1) is 6.92 Å². The van der Waals surface area contributed by atoms with E-state index in [9.17, 15) is 8.78 Å². The quantitative estimate of drug-likeness (QED) is 0.763. The van der Waals surface area contributed by atoms with Crippen LogP contribution in [0.15, 0.2) is 12.1 Å². The maximum atomic E-state index is 12.4. The summed E-state index contributed by atoms with van der Waals surface area (Å²) in [5, 5.41) is 0. The molecule has 4 heteroatoms. The first-order valence-electron chi connectivity index (χ1n) is 3.58. The topological polar surface area (TPSA) is 26.0 Å². The molecular formula is C8H11F2NS. The molecule has 12 heavy (non-hydrogen) atoms. The Kier molecular flexibility index (Phi) is 2.49. The van der Waals surface area contributed by atoms with Gasteiger partial charge in [-0.15, -0.1) is 11.3 Å². The number of rotatable bonds is 2. The van der Waals surface area contributed by atoms with Gasteiger partial charge in [-0.05, 0) is 26.0 Å². The molecule has 1 unspecified atom stereocenters. The minimum absolute atomic E-state index is 0.537. The van der Waals surface area contributed by atoms with Crippen molar-refractivity contribution in [1.82, 2.24) is 0 Å². The molecule has 68 valence electrons. The van der Waals surface area contributed by atoms with Gasteiger partial charge in [0.15, 0.2) is 0 Å². The second-order valence-corrected chi connectivity index (χ2v) is 4.28. The predicted molar refractivity (Wildman–Crippen MR) is 46.6 cm³/mol. The van der Waals surface area contributed by atoms with E-state index in [1.54, 1.807) is 12.1 Å². The molecule has 1 atom stereocenters. The van der Waals surface area contributed by atoms with E-state index in [2.05, 4.69) is 0 Å². The normalized spacial score (nSPS) is 16.5. The summed E-state index contributed by atoms with van der Waals surface area (Å²) in [6.45, 7) is 3.22. The van der Waals surface area contributed by atoms with Crippen LogP contribution >= 0.6 is 11.3 Å². The van der Waals surface area contributed by atoms with Crippen molar-refractivity contribution in [2.45, 2.75) is 25.8 Å². The summed E-state index contributed by atoms with van der Waals surface area (Å²) in [5.41, 5.74) is 3.95. The molecule has 2 N–H and O–H groups in total. The van der Waals surface area contributed by atoms with Gasteiger partial charge in [0, 0.05) is 9.75 Å². The summed E-state index contributed by atoms with van der Waals surface area (Å²) in [7, 11) is 0. The highest BCUT2D eigenvalue weighted by Gasteiger charge is 2.33. The lowest BCUT2D eigenvalue weighted by Crippen LogP contribution is -2.39. The Hall–Kier alpha value is -0.480. The van der Waals surface area contributed by atoms with E-state index in [1.807, 2.05) is 6.92 Å². The molecule has 0 radical (unpaired) electrons. The molecule has 0 spiro atoms. The van der Waals surface area contributed by atoms with E-state index in [1.165, 1.54) is 18.3 Å². The third-order valence-electron chi connectivity index (χ3n) is 1.72. The molecule has 0 fully saturated rings. The van der Waals surface area contributed by atoms with Gasteiger partial charge in [0.25, 0.3) is 6.43 Å². The highest BCUT2D eigenvalue weighted by atomic mass is 32.1. The Morgan fingerprint density at radius 2 is 2.08 bits per heavy atom. The van der Waals surface area contributed by atoms with Crippen molar-refractivity contribution in [3.63, 3.8) is 0 Å². The Morgan fingerprint density at radius 3 is 2.42 bits per heavy atom. The number of alkyl halides is 2. The molecule has 0 aliphatic heterocycles. The summed E-state index contributed by atoms with van der Waals surface area (Å²) in [6.07, 6.45) is -2.52. The summed E-state index contributed by atoms with van der Waals surface area (Å²) < 4.78 is 24.8. The van der Waals surface area contributed by atoms with E-state index < -0.39 is 12.0 Å². The molecule has 0 bridgehead atoms. The van der Waals surface area contributed by atoms with Crippen LogP contribution in [-0.2, 0) is 5.54 Å². The molecular weight excluding hydrogens is 180 g/mol. The maximum absolute atomic E-state index is 12.4. The second kappa shape index (κ2) is 3.11. The third kappa shape index (κ3) is 1.64. The van der Waals surface area contributed by atoms with Gasteiger partial charge < -0.3 is 5.73 Å². The summed E-state index contributed by atoms with van der Waals surface area (Å²) in [4.78, 5) is 1.54. The molecule has 1 rings (SSSR count). The van der Waals surface area contributed by atoms with Gasteiger partial charge in [-0.3, -0.25) is 0 Å². The van der Waals surface area contributed by atoms with Gasteiger partial charge in [0.05, 0.1) is 0 Å². The van der Waals surface area contributed by atoms with E-state index >= 15 is 0 Å². The van der Waals surface area contributed by atoms with Gasteiger partial charge in [-0.2, -0.15) is 0 Å². The van der Waals surface area contributed by atoms with Gasteiger partial charge in [0.2, 0.25) is 0 Å². The maximum Gasteiger partial charge on any atom is 0.260 e. The number of halogens is 2. The fourth-order valence-corrected chi connectivity index (χ4v) is 1.76. The Bertz CT molecular complexity index is 268. The number of aryl methyl sites for hydroxylation is 1. The first-order valence-corrected chi connectivity index (χ1v) is 4.40. The fourth-order valence-electron chi connectivity index (χ4n) is 0.832. The molecule has 0 amide bonds. The van der Waals surface area contributed by atoms with Crippen LogP contribution in [0.2, 0.25) is 0 Å². The number of nitrogens with two attached hydrogens (primary N) is 1. The van der Waals surface area contributed by atoms with Crippen molar-refractivity contribution in [1.29, 1.82) is 0 Å². The van der Waals surface area contributed by atoms with Crippen molar-refractivity contribution in [3.8, 4) is 0 Å².